The molecule has 6 heteroatoms. The van der Waals surface area contributed by atoms with Gasteiger partial charge in [-0.05, 0) is 13.8 Å². The summed E-state index contributed by atoms with van der Waals surface area (Å²) in [5, 5.41) is 0.859. The van der Waals surface area contributed by atoms with Crippen LogP contribution in [0.3, 0.4) is 0 Å². The van der Waals surface area contributed by atoms with Gasteiger partial charge in [0, 0.05) is 5.08 Å². The molecule has 15 heavy (non-hydrogen) atoms. The van der Waals surface area contributed by atoms with Crippen LogP contribution < -0.4 is 0 Å². The van der Waals surface area contributed by atoms with Gasteiger partial charge >= 0.3 is 11.9 Å². The van der Waals surface area contributed by atoms with E-state index in [1.807, 2.05) is 0 Å². The van der Waals surface area contributed by atoms with Crippen LogP contribution in [0, 0.1) is 0 Å². The Balaban J connectivity index is 2.79. The Hall–Kier alpha value is -0.620. The summed E-state index contributed by atoms with van der Waals surface area (Å²) in [4.78, 5) is 23.0. The van der Waals surface area contributed by atoms with Gasteiger partial charge in [-0.15, -0.1) is 23.5 Å². The van der Waals surface area contributed by atoms with E-state index in [9.17, 15) is 9.59 Å². The van der Waals surface area contributed by atoms with Crippen molar-refractivity contribution in [1.82, 2.24) is 0 Å². The summed E-state index contributed by atoms with van der Waals surface area (Å²) in [6.45, 7) is 3.91. The molecule has 0 spiro atoms. The highest BCUT2D eigenvalue weighted by Crippen LogP contribution is 2.45. The van der Waals surface area contributed by atoms with Crippen LogP contribution in [0.15, 0.2) is 9.81 Å². The average molecular weight is 248 g/mol. The van der Waals surface area contributed by atoms with Gasteiger partial charge in [-0.2, -0.15) is 0 Å². The van der Waals surface area contributed by atoms with Crippen LogP contribution in [-0.4, -0.2) is 30.2 Å². The van der Waals surface area contributed by atoms with Crippen LogP contribution in [0.4, 0.5) is 0 Å². The smallest absolute Gasteiger partial charge is 0.347 e. The first-order valence-electron chi connectivity index (χ1n) is 4.54. The van der Waals surface area contributed by atoms with E-state index in [4.69, 9.17) is 9.47 Å². The molecule has 1 heterocycles. The summed E-state index contributed by atoms with van der Waals surface area (Å²) < 4.78 is 10.3. The predicted molar refractivity (Wildman–Crippen MR) is 60.3 cm³/mol. The molecule has 0 aromatic heterocycles. The van der Waals surface area contributed by atoms with Crippen molar-refractivity contribution < 1.29 is 19.1 Å². The second-order valence-electron chi connectivity index (χ2n) is 2.51. The van der Waals surface area contributed by atoms with Crippen LogP contribution in [0.2, 0.25) is 0 Å². The van der Waals surface area contributed by atoms with Crippen molar-refractivity contribution in [1.29, 1.82) is 0 Å². The Labute approximate surface area is 96.8 Å². The molecule has 1 aliphatic rings. The zero-order chi connectivity index (χ0) is 11.3. The Morgan fingerprint density at radius 2 is 1.60 bits per heavy atom. The standard InChI is InChI=1S/C9H12O4S2/c1-3-12-7(10)6(8(11)13-4-2)9-14-5-15-9/h3-5H2,1-2H3. The minimum absolute atomic E-state index is 0.0416. The number of thioether (sulfide) groups is 2. The van der Waals surface area contributed by atoms with E-state index in [-0.39, 0.29) is 18.8 Å². The number of rotatable bonds is 4. The Kier molecular flexibility index (Phi) is 5.04. The summed E-state index contributed by atoms with van der Waals surface area (Å²) in [6, 6.07) is 0. The van der Waals surface area contributed by atoms with Gasteiger partial charge < -0.3 is 9.47 Å². The number of hydrogen-bond donors (Lipinski definition) is 0. The third kappa shape index (κ3) is 3.17. The topological polar surface area (TPSA) is 52.6 Å². The van der Waals surface area contributed by atoms with Gasteiger partial charge in [0.1, 0.15) is 0 Å². The van der Waals surface area contributed by atoms with E-state index >= 15 is 0 Å². The van der Waals surface area contributed by atoms with Crippen LogP contribution in [0.25, 0.3) is 0 Å². The van der Waals surface area contributed by atoms with Gasteiger partial charge in [0.15, 0.2) is 5.57 Å². The second-order valence-corrected chi connectivity index (χ2v) is 5.10. The lowest BCUT2D eigenvalue weighted by Gasteiger charge is -2.18. The summed E-state index contributed by atoms with van der Waals surface area (Å²) in [7, 11) is 0. The van der Waals surface area contributed by atoms with Gasteiger partial charge in [-0.25, -0.2) is 9.59 Å². The van der Waals surface area contributed by atoms with Crippen molar-refractivity contribution in [3.05, 3.63) is 9.81 Å². The molecule has 0 N–H and O–H groups in total. The molecular weight excluding hydrogens is 236 g/mol. The van der Waals surface area contributed by atoms with Crippen LogP contribution in [-0.2, 0) is 19.1 Å². The number of carbonyl (C=O) groups is 2. The van der Waals surface area contributed by atoms with Gasteiger partial charge in [0.25, 0.3) is 0 Å². The number of hydrogen-bond acceptors (Lipinski definition) is 6. The van der Waals surface area contributed by atoms with E-state index in [0.29, 0.717) is 4.24 Å². The first kappa shape index (κ1) is 12.4. The summed E-state index contributed by atoms with van der Waals surface area (Å²) in [5.74, 6) is -1.18. The molecule has 1 fully saturated rings. The fraction of sp³-hybridized carbons (Fsp3) is 0.556. The van der Waals surface area contributed by atoms with Crippen molar-refractivity contribution in [2.75, 3.05) is 18.3 Å². The lowest BCUT2D eigenvalue weighted by atomic mass is 10.3. The Morgan fingerprint density at radius 3 is 1.87 bits per heavy atom. The fourth-order valence-corrected chi connectivity index (χ4v) is 2.48. The maximum atomic E-state index is 11.5. The first-order chi connectivity index (χ1) is 7.20. The lowest BCUT2D eigenvalue weighted by molar-refractivity contribution is -0.146. The zero-order valence-corrected chi connectivity index (χ0v) is 10.2. The van der Waals surface area contributed by atoms with Crippen LogP contribution >= 0.6 is 23.5 Å². The van der Waals surface area contributed by atoms with Gasteiger partial charge in [-0.1, -0.05) is 0 Å². The van der Waals surface area contributed by atoms with Gasteiger partial charge in [0.05, 0.1) is 17.5 Å². The molecule has 0 saturated carbocycles. The Bertz CT molecular complexity index is 272. The van der Waals surface area contributed by atoms with Crippen molar-refractivity contribution in [2.45, 2.75) is 13.8 Å². The van der Waals surface area contributed by atoms with Crippen molar-refractivity contribution in [3.8, 4) is 0 Å². The molecule has 1 aliphatic heterocycles. The molecule has 0 aliphatic carbocycles. The molecule has 0 aromatic carbocycles. The largest absolute Gasteiger partial charge is 0.462 e. The summed E-state index contributed by atoms with van der Waals surface area (Å²) >= 11 is 2.93. The van der Waals surface area contributed by atoms with E-state index < -0.39 is 11.9 Å². The molecule has 0 amide bonds. The maximum Gasteiger partial charge on any atom is 0.347 e. The molecule has 0 radical (unpaired) electrons. The molecule has 0 unspecified atom stereocenters. The minimum atomic E-state index is -0.592. The molecule has 0 bridgehead atoms. The zero-order valence-electron chi connectivity index (χ0n) is 8.57. The third-order valence-electron chi connectivity index (χ3n) is 1.54. The van der Waals surface area contributed by atoms with Crippen molar-refractivity contribution in [3.63, 3.8) is 0 Å². The quantitative estimate of drug-likeness (QED) is 0.327. The third-order valence-corrected chi connectivity index (χ3v) is 4.13. The molecule has 1 saturated heterocycles. The molecule has 1 rings (SSSR count). The van der Waals surface area contributed by atoms with Crippen LogP contribution in [0.5, 0.6) is 0 Å². The molecular formula is C9H12O4S2. The highest BCUT2D eigenvalue weighted by molar-refractivity contribution is 8.37. The first-order valence-corrected chi connectivity index (χ1v) is 6.51. The van der Waals surface area contributed by atoms with Gasteiger partial charge in [-0.3, -0.25) is 0 Å². The van der Waals surface area contributed by atoms with E-state index in [1.165, 1.54) is 23.5 Å². The average Bonchev–Trinajstić information content (AvgIpc) is 2.11. The van der Waals surface area contributed by atoms with E-state index in [0.717, 1.165) is 5.08 Å². The number of esters is 2. The summed E-state index contributed by atoms with van der Waals surface area (Å²) in [6.07, 6.45) is 0. The van der Waals surface area contributed by atoms with E-state index in [2.05, 4.69) is 0 Å². The Morgan fingerprint density at radius 1 is 1.13 bits per heavy atom. The van der Waals surface area contributed by atoms with Crippen molar-refractivity contribution in [2.24, 2.45) is 0 Å². The molecule has 0 atom stereocenters. The fourth-order valence-electron chi connectivity index (χ4n) is 0.919. The minimum Gasteiger partial charge on any atom is -0.462 e. The van der Waals surface area contributed by atoms with Crippen LogP contribution in [0.1, 0.15) is 13.8 Å². The second kappa shape index (κ2) is 6.07. The predicted octanol–water partition coefficient (Wildman–Crippen LogP) is 1.76. The molecule has 84 valence electrons. The van der Waals surface area contributed by atoms with E-state index in [1.54, 1.807) is 13.8 Å². The highest BCUT2D eigenvalue weighted by atomic mass is 32.3. The maximum absolute atomic E-state index is 11.5. The number of carbonyl (C=O) groups excluding carboxylic acids is 2. The lowest BCUT2D eigenvalue weighted by Crippen LogP contribution is -2.20. The van der Waals surface area contributed by atoms with Gasteiger partial charge in [0.2, 0.25) is 0 Å². The highest BCUT2D eigenvalue weighted by Gasteiger charge is 2.29. The van der Waals surface area contributed by atoms with Crippen molar-refractivity contribution >= 4 is 35.5 Å². The molecule has 4 nitrogen and oxygen atoms in total. The summed E-state index contributed by atoms with van der Waals surface area (Å²) in [5.41, 5.74) is 0.0416. The monoisotopic (exact) mass is 248 g/mol. The SMILES string of the molecule is CCOC(=O)C(C(=O)OCC)=C1SCS1. The number of ether oxygens (including phenoxy) is 2. The normalized spacial score (nSPS) is 14.1. The molecule has 0 aromatic rings.